The molecule has 0 aliphatic rings. The van der Waals surface area contributed by atoms with Gasteiger partial charge in [0, 0.05) is 17.4 Å². The van der Waals surface area contributed by atoms with Gasteiger partial charge in [0.15, 0.2) is 0 Å². The third-order valence-corrected chi connectivity index (χ3v) is 3.95. The van der Waals surface area contributed by atoms with E-state index in [1.807, 2.05) is 49.4 Å². The van der Waals surface area contributed by atoms with Crippen molar-refractivity contribution in [3.05, 3.63) is 59.8 Å². The molecule has 0 aliphatic heterocycles. The van der Waals surface area contributed by atoms with Crippen LogP contribution in [0, 0.1) is 0 Å². The number of nitrogens with one attached hydrogen (secondary N) is 1. The molecule has 1 heterocycles. The van der Waals surface area contributed by atoms with E-state index in [4.69, 9.17) is 10.5 Å². The molecule has 118 valence electrons. The molecule has 0 radical (unpaired) electrons. The van der Waals surface area contributed by atoms with E-state index >= 15 is 0 Å². The first-order valence-electron chi connectivity index (χ1n) is 7.79. The first-order chi connectivity index (χ1) is 11.2. The summed E-state index contributed by atoms with van der Waals surface area (Å²) in [5, 5.41) is 1.91. The minimum atomic E-state index is -0.445. The van der Waals surface area contributed by atoms with Crippen LogP contribution in [0.25, 0.3) is 22.0 Å². The average molecular weight is 308 g/mol. The molecule has 0 saturated heterocycles. The lowest BCUT2D eigenvalue weighted by molar-refractivity contribution is 0.0998. The lowest BCUT2D eigenvalue weighted by atomic mass is 10.00. The molecule has 0 bridgehead atoms. The molecule has 2 aromatic carbocycles. The maximum absolute atomic E-state index is 11.8. The number of hydrogen-bond acceptors (Lipinski definition) is 2. The third-order valence-electron chi connectivity index (χ3n) is 3.95. The SMILES string of the molecule is CCOCCc1cccc2c(C(N)=O)[nH]c(-c3ccccc3)c12. The summed E-state index contributed by atoms with van der Waals surface area (Å²) in [6.45, 7) is 3.33. The largest absolute Gasteiger partial charge is 0.381 e. The number of fused-ring (bicyclic) bond motifs is 1. The number of rotatable bonds is 6. The Bertz CT molecular complexity index is 822. The standard InChI is InChI=1S/C19H20N2O2/c1-2-23-12-11-13-9-6-10-15-16(13)17(21-18(15)19(20)22)14-7-4-3-5-8-14/h3-10,21H,2,11-12H2,1H3,(H2,20,22). The van der Waals surface area contributed by atoms with Crippen LogP contribution in [0.15, 0.2) is 48.5 Å². The van der Waals surface area contributed by atoms with Gasteiger partial charge in [0.2, 0.25) is 0 Å². The van der Waals surface area contributed by atoms with E-state index in [0.29, 0.717) is 18.9 Å². The molecule has 1 aromatic heterocycles. The van der Waals surface area contributed by atoms with Crippen molar-refractivity contribution in [2.24, 2.45) is 5.73 Å². The van der Waals surface area contributed by atoms with Crippen molar-refractivity contribution in [3.8, 4) is 11.3 Å². The summed E-state index contributed by atoms with van der Waals surface area (Å²) >= 11 is 0. The van der Waals surface area contributed by atoms with Crippen LogP contribution in [-0.4, -0.2) is 24.1 Å². The van der Waals surface area contributed by atoms with Gasteiger partial charge in [0.25, 0.3) is 5.91 Å². The van der Waals surface area contributed by atoms with E-state index in [1.165, 1.54) is 0 Å². The number of aromatic amines is 1. The van der Waals surface area contributed by atoms with E-state index in [0.717, 1.165) is 34.0 Å². The van der Waals surface area contributed by atoms with Crippen molar-refractivity contribution in [1.29, 1.82) is 0 Å². The molecule has 1 amide bonds. The van der Waals surface area contributed by atoms with Gasteiger partial charge in [-0.25, -0.2) is 0 Å². The average Bonchev–Trinajstić information content (AvgIpc) is 2.97. The van der Waals surface area contributed by atoms with Crippen molar-refractivity contribution >= 4 is 16.7 Å². The minimum Gasteiger partial charge on any atom is -0.381 e. The Hall–Kier alpha value is -2.59. The maximum atomic E-state index is 11.8. The number of hydrogen-bond donors (Lipinski definition) is 2. The van der Waals surface area contributed by atoms with Crippen LogP contribution >= 0.6 is 0 Å². The summed E-state index contributed by atoms with van der Waals surface area (Å²) in [7, 11) is 0. The zero-order valence-electron chi connectivity index (χ0n) is 13.1. The van der Waals surface area contributed by atoms with Crippen LogP contribution in [0.4, 0.5) is 0 Å². The van der Waals surface area contributed by atoms with Gasteiger partial charge in [-0.2, -0.15) is 0 Å². The second-order valence-electron chi connectivity index (χ2n) is 5.39. The van der Waals surface area contributed by atoms with E-state index in [1.54, 1.807) is 0 Å². The third kappa shape index (κ3) is 2.98. The second-order valence-corrected chi connectivity index (χ2v) is 5.39. The highest BCUT2D eigenvalue weighted by atomic mass is 16.5. The fraction of sp³-hybridized carbons (Fsp3) is 0.211. The van der Waals surface area contributed by atoms with Crippen LogP contribution in [0.2, 0.25) is 0 Å². The zero-order valence-corrected chi connectivity index (χ0v) is 13.1. The predicted molar refractivity (Wildman–Crippen MR) is 92.4 cm³/mol. The number of H-pyrrole nitrogens is 1. The Morgan fingerprint density at radius 2 is 1.91 bits per heavy atom. The van der Waals surface area contributed by atoms with Crippen LogP contribution in [0.3, 0.4) is 0 Å². The van der Waals surface area contributed by atoms with Crippen molar-refractivity contribution < 1.29 is 9.53 Å². The lowest BCUT2D eigenvalue weighted by Crippen LogP contribution is -2.11. The molecule has 23 heavy (non-hydrogen) atoms. The Morgan fingerprint density at radius 3 is 2.61 bits per heavy atom. The Morgan fingerprint density at radius 1 is 1.13 bits per heavy atom. The summed E-state index contributed by atoms with van der Waals surface area (Å²) in [6.07, 6.45) is 0.793. The van der Waals surface area contributed by atoms with Crippen molar-refractivity contribution in [3.63, 3.8) is 0 Å². The van der Waals surface area contributed by atoms with Crippen LogP contribution < -0.4 is 5.73 Å². The molecule has 0 aliphatic carbocycles. The van der Waals surface area contributed by atoms with Crippen LogP contribution in [0.5, 0.6) is 0 Å². The molecule has 0 unspecified atom stereocenters. The highest BCUT2D eigenvalue weighted by Gasteiger charge is 2.17. The summed E-state index contributed by atoms with van der Waals surface area (Å²) in [4.78, 5) is 15.0. The van der Waals surface area contributed by atoms with Crippen molar-refractivity contribution in [1.82, 2.24) is 4.98 Å². The molecule has 0 atom stereocenters. The molecular weight excluding hydrogens is 288 g/mol. The van der Waals surface area contributed by atoms with Crippen LogP contribution in [-0.2, 0) is 11.2 Å². The zero-order chi connectivity index (χ0) is 16.2. The Labute approximate surface area is 135 Å². The Kier molecular flexibility index (Phi) is 4.44. The lowest BCUT2D eigenvalue weighted by Gasteiger charge is -2.07. The van der Waals surface area contributed by atoms with Gasteiger partial charge in [-0.15, -0.1) is 0 Å². The minimum absolute atomic E-state index is 0.445. The molecular formula is C19H20N2O2. The quantitative estimate of drug-likeness (QED) is 0.684. The van der Waals surface area contributed by atoms with Gasteiger partial charge in [0.05, 0.1) is 12.3 Å². The van der Waals surface area contributed by atoms with Gasteiger partial charge in [0.1, 0.15) is 5.69 Å². The molecule has 4 heteroatoms. The first-order valence-corrected chi connectivity index (χ1v) is 7.79. The molecule has 0 saturated carbocycles. The summed E-state index contributed by atoms with van der Waals surface area (Å²) in [6, 6.07) is 15.9. The van der Waals surface area contributed by atoms with E-state index in [2.05, 4.69) is 11.1 Å². The highest BCUT2D eigenvalue weighted by molar-refractivity contribution is 6.11. The molecule has 3 N–H and O–H groups in total. The number of carbonyl (C=O) groups is 1. The van der Waals surface area contributed by atoms with E-state index in [9.17, 15) is 4.79 Å². The Balaban J connectivity index is 2.19. The van der Waals surface area contributed by atoms with Crippen LogP contribution in [0.1, 0.15) is 23.0 Å². The topological polar surface area (TPSA) is 68.1 Å². The fourth-order valence-corrected chi connectivity index (χ4v) is 2.91. The summed E-state index contributed by atoms with van der Waals surface area (Å²) < 4.78 is 5.48. The van der Waals surface area contributed by atoms with Gasteiger partial charge >= 0.3 is 0 Å². The molecule has 3 rings (SSSR count). The second kappa shape index (κ2) is 6.67. The van der Waals surface area contributed by atoms with Gasteiger partial charge in [-0.3, -0.25) is 4.79 Å². The number of aromatic nitrogens is 1. The monoisotopic (exact) mass is 308 g/mol. The van der Waals surface area contributed by atoms with Gasteiger partial charge in [-0.05, 0) is 24.5 Å². The summed E-state index contributed by atoms with van der Waals surface area (Å²) in [5.41, 5.74) is 9.12. The molecule has 0 spiro atoms. The highest BCUT2D eigenvalue weighted by Crippen LogP contribution is 2.33. The van der Waals surface area contributed by atoms with Gasteiger partial charge < -0.3 is 15.5 Å². The number of primary amides is 1. The number of carbonyl (C=O) groups excluding carboxylic acids is 1. The van der Waals surface area contributed by atoms with E-state index < -0.39 is 5.91 Å². The normalized spacial score (nSPS) is 11.0. The first kappa shape index (κ1) is 15.3. The number of ether oxygens (including phenoxy) is 1. The summed E-state index contributed by atoms with van der Waals surface area (Å²) in [5.74, 6) is -0.445. The fourth-order valence-electron chi connectivity index (χ4n) is 2.91. The maximum Gasteiger partial charge on any atom is 0.265 e. The van der Waals surface area contributed by atoms with Gasteiger partial charge in [-0.1, -0.05) is 48.5 Å². The van der Waals surface area contributed by atoms with Crippen molar-refractivity contribution in [2.45, 2.75) is 13.3 Å². The molecule has 3 aromatic rings. The smallest absolute Gasteiger partial charge is 0.265 e. The van der Waals surface area contributed by atoms with E-state index in [-0.39, 0.29) is 0 Å². The number of benzene rings is 2. The van der Waals surface area contributed by atoms with Crippen molar-refractivity contribution in [2.75, 3.05) is 13.2 Å². The number of nitrogens with two attached hydrogens (primary N) is 1. The number of amides is 1. The molecule has 0 fully saturated rings. The predicted octanol–water partition coefficient (Wildman–Crippen LogP) is 3.51. The molecule has 4 nitrogen and oxygen atoms in total.